The van der Waals surface area contributed by atoms with Crippen molar-refractivity contribution in [3.8, 4) is 11.5 Å². The van der Waals surface area contributed by atoms with E-state index in [9.17, 15) is 9.59 Å². The summed E-state index contributed by atoms with van der Waals surface area (Å²) >= 11 is 0. The molecule has 0 N–H and O–H groups in total. The molecule has 0 aromatic heterocycles. The third kappa shape index (κ3) is 1.60. The van der Waals surface area contributed by atoms with Crippen LogP contribution in [0.3, 0.4) is 0 Å². The van der Waals surface area contributed by atoms with Gasteiger partial charge in [-0.15, -0.1) is 0 Å². The fourth-order valence-electron chi connectivity index (χ4n) is 3.36. The number of rotatable bonds is 0. The maximum Gasteiger partial charge on any atom is 0.347 e. The summed E-state index contributed by atoms with van der Waals surface area (Å²) in [5.74, 6) is 0.489. The summed E-state index contributed by atoms with van der Waals surface area (Å²) in [6.07, 6.45) is 0.727. The lowest BCUT2D eigenvalue weighted by molar-refractivity contribution is 0.0444. The van der Waals surface area contributed by atoms with Gasteiger partial charge in [0, 0.05) is 12.0 Å². The van der Waals surface area contributed by atoms with Gasteiger partial charge < -0.3 is 9.47 Å². The molecule has 0 fully saturated rings. The topological polar surface area (TPSA) is 52.6 Å². The van der Waals surface area contributed by atoms with Gasteiger partial charge in [-0.25, -0.2) is 9.59 Å². The summed E-state index contributed by atoms with van der Waals surface area (Å²) in [4.78, 5) is 23.7. The zero-order chi connectivity index (χ0) is 15.6. The van der Waals surface area contributed by atoms with Gasteiger partial charge >= 0.3 is 11.9 Å². The minimum atomic E-state index is -0.578. The van der Waals surface area contributed by atoms with Gasteiger partial charge in [0.1, 0.15) is 11.5 Å². The van der Waals surface area contributed by atoms with Crippen LogP contribution < -0.4 is 4.74 Å². The van der Waals surface area contributed by atoms with E-state index in [0.717, 1.165) is 39.8 Å². The lowest BCUT2D eigenvalue weighted by atomic mass is 9.92. The van der Waals surface area contributed by atoms with E-state index in [1.165, 1.54) is 0 Å². The highest BCUT2D eigenvalue weighted by molar-refractivity contribution is 6.21. The monoisotopic (exact) mass is 302 g/mol. The first-order valence-corrected chi connectivity index (χ1v) is 7.33. The highest BCUT2D eigenvalue weighted by Gasteiger charge is 2.32. The zero-order valence-corrected chi connectivity index (χ0v) is 12.0. The molecule has 2 aliphatic rings. The van der Waals surface area contributed by atoms with Crippen molar-refractivity contribution in [2.24, 2.45) is 0 Å². The van der Waals surface area contributed by atoms with E-state index in [4.69, 9.17) is 9.47 Å². The zero-order valence-electron chi connectivity index (χ0n) is 12.0. The predicted molar refractivity (Wildman–Crippen MR) is 83.0 cm³/mol. The number of para-hydroxylation sites is 1. The first kappa shape index (κ1) is 12.4. The molecule has 5 rings (SSSR count). The Bertz CT molecular complexity index is 1030. The molecule has 2 aliphatic heterocycles. The largest absolute Gasteiger partial charge is 0.457 e. The van der Waals surface area contributed by atoms with Gasteiger partial charge in [0.05, 0.1) is 11.1 Å². The lowest BCUT2D eigenvalue weighted by Gasteiger charge is -2.21. The van der Waals surface area contributed by atoms with Gasteiger partial charge in [-0.2, -0.15) is 0 Å². The van der Waals surface area contributed by atoms with E-state index < -0.39 is 11.9 Å². The van der Waals surface area contributed by atoms with Crippen LogP contribution in [-0.2, 0) is 11.2 Å². The van der Waals surface area contributed by atoms with Crippen LogP contribution in [0.2, 0.25) is 0 Å². The molecule has 2 heterocycles. The smallest absolute Gasteiger partial charge is 0.347 e. The third-order valence-corrected chi connectivity index (χ3v) is 4.44. The van der Waals surface area contributed by atoms with Crippen molar-refractivity contribution in [2.75, 3.05) is 0 Å². The molecule has 0 amide bonds. The molecule has 3 aromatic carbocycles. The second kappa shape index (κ2) is 4.20. The van der Waals surface area contributed by atoms with E-state index in [0.29, 0.717) is 11.1 Å². The van der Waals surface area contributed by atoms with Crippen LogP contribution in [0, 0.1) is 0 Å². The summed E-state index contributed by atoms with van der Waals surface area (Å²) in [7, 11) is 0. The Kier molecular flexibility index (Phi) is 2.26. The van der Waals surface area contributed by atoms with E-state index in [1.54, 1.807) is 6.07 Å². The third-order valence-electron chi connectivity index (χ3n) is 4.44. The van der Waals surface area contributed by atoms with E-state index in [1.807, 2.05) is 42.5 Å². The molecule has 4 nitrogen and oxygen atoms in total. The number of fused-ring (bicyclic) bond motifs is 6. The Labute approximate surface area is 131 Å². The second-order valence-corrected chi connectivity index (χ2v) is 5.69. The van der Waals surface area contributed by atoms with E-state index in [2.05, 4.69) is 0 Å². The van der Waals surface area contributed by atoms with Crippen molar-refractivity contribution in [1.29, 1.82) is 0 Å². The molecule has 0 saturated carbocycles. The summed E-state index contributed by atoms with van der Waals surface area (Å²) in [5, 5.41) is 1.66. The van der Waals surface area contributed by atoms with Gasteiger partial charge in [0.25, 0.3) is 0 Å². The highest BCUT2D eigenvalue weighted by Crippen LogP contribution is 2.41. The molecule has 23 heavy (non-hydrogen) atoms. The molecule has 0 bridgehead atoms. The van der Waals surface area contributed by atoms with Crippen molar-refractivity contribution < 1.29 is 19.1 Å². The Morgan fingerprint density at radius 1 is 0.739 bits per heavy atom. The fraction of sp³-hybridized carbons (Fsp3) is 0.0526. The number of carbonyl (C=O) groups is 2. The number of carbonyl (C=O) groups excluding carboxylic acids is 2. The fourth-order valence-corrected chi connectivity index (χ4v) is 3.36. The van der Waals surface area contributed by atoms with Gasteiger partial charge in [-0.05, 0) is 40.6 Å². The van der Waals surface area contributed by atoms with Crippen molar-refractivity contribution in [3.63, 3.8) is 0 Å². The number of benzene rings is 3. The number of hydrogen-bond donors (Lipinski definition) is 0. The van der Waals surface area contributed by atoms with Crippen molar-refractivity contribution >= 4 is 22.7 Å². The standard InChI is InChI=1S/C19H10O4/c20-18-13-6-5-11-12(17(13)19(21)23-18)7-8-16-14(11)9-10-3-1-2-4-15(10)22-16/h1-8H,9H2. The van der Waals surface area contributed by atoms with Crippen LogP contribution in [0.1, 0.15) is 31.8 Å². The van der Waals surface area contributed by atoms with Crippen LogP contribution in [0.4, 0.5) is 0 Å². The van der Waals surface area contributed by atoms with Crippen LogP contribution in [0.25, 0.3) is 10.8 Å². The molecule has 110 valence electrons. The molecule has 0 atom stereocenters. The Hall–Kier alpha value is -3.14. The molecule has 0 radical (unpaired) electrons. The minimum Gasteiger partial charge on any atom is -0.457 e. The molecule has 0 saturated heterocycles. The normalized spacial score (nSPS) is 14.8. The summed E-state index contributed by atoms with van der Waals surface area (Å²) < 4.78 is 10.7. The molecule has 0 spiro atoms. The highest BCUT2D eigenvalue weighted by atomic mass is 16.6. The second-order valence-electron chi connectivity index (χ2n) is 5.69. The van der Waals surface area contributed by atoms with Crippen molar-refractivity contribution in [3.05, 3.63) is 70.8 Å². The Balaban J connectivity index is 1.79. The lowest BCUT2D eigenvalue weighted by Crippen LogP contribution is -2.04. The van der Waals surface area contributed by atoms with Gasteiger partial charge in [-0.1, -0.05) is 24.3 Å². The summed E-state index contributed by atoms with van der Waals surface area (Å²) in [6, 6.07) is 15.1. The first-order chi connectivity index (χ1) is 11.2. The summed E-state index contributed by atoms with van der Waals surface area (Å²) in [5.41, 5.74) is 2.82. The SMILES string of the molecule is O=C1OC(=O)c2c1ccc1c3c(ccc21)Oc1ccccc1C3. The van der Waals surface area contributed by atoms with Gasteiger partial charge in [0.15, 0.2) is 0 Å². The maximum absolute atomic E-state index is 12.0. The van der Waals surface area contributed by atoms with E-state index in [-0.39, 0.29) is 0 Å². The van der Waals surface area contributed by atoms with Crippen molar-refractivity contribution in [1.82, 2.24) is 0 Å². The Morgan fingerprint density at radius 3 is 2.48 bits per heavy atom. The summed E-state index contributed by atoms with van der Waals surface area (Å²) in [6.45, 7) is 0. The molecular formula is C19H10O4. The van der Waals surface area contributed by atoms with Crippen LogP contribution >= 0.6 is 0 Å². The van der Waals surface area contributed by atoms with Crippen LogP contribution in [-0.4, -0.2) is 11.9 Å². The number of esters is 2. The van der Waals surface area contributed by atoms with Crippen LogP contribution in [0.5, 0.6) is 11.5 Å². The number of hydrogen-bond acceptors (Lipinski definition) is 4. The Morgan fingerprint density at radius 2 is 1.57 bits per heavy atom. The molecule has 0 aliphatic carbocycles. The average Bonchev–Trinajstić information content (AvgIpc) is 2.87. The predicted octanol–water partition coefficient (Wildman–Crippen LogP) is 3.85. The van der Waals surface area contributed by atoms with Crippen LogP contribution in [0.15, 0.2) is 48.5 Å². The van der Waals surface area contributed by atoms with Gasteiger partial charge in [0.2, 0.25) is 0 Å². The molecule has 3 aromatic rings. The average molecular weight is 302 g/mol. The quantitative estimate of drug-likeness (QED) is 0.366. The van der Waals surface area contributed by atoms with Crippen molar-refractivity contribution in [2.45, 2.75) is 6.42 Å². The first-order valence-electron chi connectivity index (χ1n) is 7.33. The molecule has 4 heteroatoms. The molecular weight excluding hydrogens is 292 g/mol. The maximum atomic E-state index is 12.0. The molecule has 0 unspecified atom stereocenters. The number of cyclic esters (lactones) is 2. The van der Waals surface area contributed by atoms with E-state index >= 15 is 0 Å². The number of ether oxygens (including phenoxy) is 2. The van der Waals surface area contributed by atoms with Gasteiger partial charge in [-0.3, -0.25) is 0 Å². The minimum absolute atomic E-state index is 0.333.